The van der Waals surface area contributed by atoms with Crippen LogP contribution in [0.4, 0.5) is 0 Å². The van der Waals surface area contributed by atoms with Crippen LogP contribution in [0.5, 0.6) is 0 Å². The first-order chi connectivity index (χ1) is 12.9. The summed E-state index contributed by atoms with van der Waals surface area (Å²) >= 11 is 0. The summed E-state index contributed by atoms with van der Waals surface area (Å²) < 4.78 is 0. The average molecular weight is 363 g/mol. The van der Waals surface area contributed by atoms with Gasteiger partial charge in [-0.25, -0.2) is 0 Å². The number of rotatable bonds is 3. The molecule has 0 radical (unpaired) electrons. The lowest BCUT2D eigenvalue weighted by molar-refractivity contribution is 0.0966. The van der Waals surface area contributed by atoms with Crippen LogP contribution in [0.25, 0.3) is 11.1 Å². The zero-order valence-corrected chi connectivity index (χ0v) is 16.5. The molecule has 0 bridgehead atoms. The Bertz CT molecular complexity index is 845. The summed E-state index contributed by atoms with van der Waals surface area (Å²) in [5.74, 6) is -0.374. The quantitative estimate of drug-likeness (QED) is 0.854. The molecule has 1 fully saturated rings. The highest BCUT2D eigenvalue weighted by Gasteiger charge is 2.31. The number of primary amides is 1. The molecule has 3 nitrogen and oxygen atoms in total. The Morgan fingerprint density at radius 1 is 1.04 bits per heavy atom. The van der Waals surface area contributed by atoms with Gasteiger partial charge >= 0.3 is 0 Å². The summed E-state index contributed by atoms with van der Waals surface area (Å²) in [4.78, 5) is 14.2. The van der Waals surface area contributed by atoms with Crippen molar-refractivity contribution >= 4 is 5.91 Å². The summed E-state index contributed by atoms with van der Waals surface area (Å²) in [6.45, 7) is 7.04. The standard InChI is InChI=1S/C24H30N2O/c1-24(2)11-8-22(9-12-24)26-13-10-19-14-18(6-7-21(19)16-26)17-4-3-5-20(15-17)23(25)27/h3-7,14-15,22H,8-13,16H2,1-2H3,(H2,25,27). The zero-order valence-electron chi connectivity index (χ0n) is 16.5. The summed E-state index contributed by atoms with van der Waals surface area (Å²) in [6.07, 6.45) is 6.46. The van der Waals surface area contributed by atoms with E-state index in [-0.39, 0.29) is 5.91 Å². The van der Waals surface area contributed by atoms with Gasteiger partial charge in [0.2, 0.25) is 5.91 Å². The molecule has 0 aromatic heterocycles. The fourth-order valence-electron chi connectivity index (χ4n) is 4.67. The van der Waals surface area contributed by atoms with Crippen molar-refractivity contribution in [2.45, 2.75) is 58.5 Å². The molecule has 0 atom stereocenters. The van der Waals surface area contributed by atoms with Gasteiger partial charge in [-0.3, -0.25) is 9.69 Å². The number of carbonyl (C=O) groups excluding carboxylic acids is 1. The average Bonchev–Trinajstić information content (AvgIpc) is 2.67. The molecular formula is C24H30N2O. The molecule has 1 aliphatic carbocycles. The molecule has 1 heterocycles. The van der Waals surface area contributed by atoms with Gasteiger partial charge in [0.25, 0.3) is 0 Å². The number of nitrogens with zero attached hydrogens (tertiary/aromatic N) is 1. The van der Waals surface area contributed by atoms with Crippen molar-refractivity contribution in [1.82, 2.24) is 4.90 Å². The van der Waals surface area contributed by atoms with Crippen molar-refractivity contribution in [3.8, 4) is 11.1 Å². The minimum atomic E-state index is -0.374. The van der Waals surface area contributed by atoms with Crippen LogP contribution in [0.3, 0.4) is 0 Å². The van der Waals surface area contributed by atoms with E-state index in [0.717, 1.165) is 31.1 Å². The molecular weight excluding hydrogens is 332 g/mol. The van der Waals surface area contributed by atoms with Crippen LogP contribution in [0.15, 0.2) is 42.5 Å². The predicted molar refractivity (Wildman–Crippen MR) is 111 cm³/mol. The van der Waals surface area contributed by atoms with Crippen molar-refractivity contribution in [2.24, 2.45) is 11.1 Å². The number of amides is 1. The number of benzene rings is 2. The fraction of sp³-hybridized carbons (Fsp3) is 0.458. The first-order valence-electron chi connectivity index (χ1n) is 10.2. The lowest BCUT2D eigenvalue weighted by Gasteiger charge is -2.42. The largest absolute Gasteiger partial charge is 0.366 e. The van der Waals surface area contributed by atoms with Gasteiger partial charge in [-0.2, -0.15) is 0 Å². The Labute approximate surface area is 162 Å². The molecule has 142 valence electrons. The molecule has 3 heteroatoms. The van der Waals surface area contributed by atoms with Gasteiger partial charge in [-0.05, 0) is 71.9 Å². The maximum atomic E-state index is 11.5. The lowest BCUT2D eigenvalue weighted by Crippen LogP contribution is -2.42. The number of hydrogen-bond donors (Lipinski definition) is 1. The maximum absolute atomic E-state index is 11.5. The SMILES string of the molecule is CC1(C)CCC(N2CCc3cc(-c4cccc(C(N)=O)c4)ccc3C2)CC1. The number of nitrogens with two attached hydrogens (primary N) is 1. The molecule has 4 rings (SSSR count). The van der Waals surface area contributed by atoms with E-state index in [9.17, 15) is 4.79 Å². The summed E-state index contributed by atoms with van der Waals surface area (Å²) in [5, 5.41) is 0. The molecule has 0 spiro atoms. The van der Waals surface area contributed by atoms with Gasteiger partial charge in [-0.15, -0.1) is 0 Å². The highest BCUT2D eigenvalue weighted by molar-refractivity contribution is 5.94. The van der Waals surface area contributed by atoms with Gasteiger partial charge in [0, 0.05) is 24.7 Å². The normalized spacial score (nSPS) is 20.2. The van der Waals surface area contributed by atoms with Crippen molar-refractivity contribution in [3.05, 3.63) is 59.2 Å². The van der Waals surface area contributed by atoms with Gasteiger partial charge < -0.3 is 5.73 Å². The molecule has 1 aliphatic heterocycles. The van der Waals surface area contributed by atoms with Gasteiger partial charge in [0.15, 0.2) is 0 Å². The van der Waals surface area contributed by atoms with Crippen LogP contribution in [0.2, 0.25) is 0 Å². The molecule has 0 unspecified atom stereocenters. The Morgan fingerprint density at radius 3 is 2.52 bits per heavy atom. The number of fused-ring (bicyclic) bond motifs is 1. The van der Waals surface area contributed by atoms with Crippen molar-refractivity contribution in [3.63, 3.8) is 0 Å². The molecule has 1 saturated carbocycles. The van der Waals surface area contributed by atoms with Gasteiger partial charge in [0.05, 0.1) is 0 Å². The minimum absolute atomic E-state index is 0.374. The van der Waals surface area contributed by atoms with Crippen molar-refractivity contribution in [1.29, 1.82) is 0 Å². The van der Waals surface area contributed by atoms with E-state index in [2.05, 4.69) is 36.9 Å². The van der Waals surface area contributed by atoms with Crippen LogP contribution in [0.1, 0.15) is 61.0 Å². The molecule has 27 heavy (non-hydrogen) atoms. The Morgan fingerprint density at radius 2 is 1.78 bits per heavy atom. The van der Waals surface area contributed by atoms with Crippen molar-refractivity contribution < 1.29 is 4.79 Å². The van der Waals surface area contributed by atoms with Crippen LogP contribution in [0, 0.1) is 5.41 Å². The predicted octanol–water partition coefficient (Wildman–Crippen LogP) is 4.78. The van der Waals surface area contributed by atoms with Crippen LogP contribution in [-0.2, 0) is 13.0 Å². The topological polar surface area (TPSA) is 46.3 Å². The highest BCUT2D eigenvalue weighted by Crippen LogP contribution is 2.38. The second-order valence-electron chi connectivity index (χ2n) is 9.04. The molecule has 1 amide bonds. The van der Waals surface area contributed by atoms with E-state index in [1.54, 1.807) is 6.07 Å². The molecule has 2 N–H and O–H groups in total. The smallest absolute Gasteiger partial charge is 0.248 e. The third kappa shape index (κ3) is 3.93. The summed E-state index contributed by atoms with van der Waals surface area (Å²) in [6, 6.07) is 15.1. The molecule has 2 aromatic rings. The summed E-state index contributed by atoms with van der Waals surface area (Å²) in [5.41, 5.74) is 11.7. The van der Waals surface area contributed by atoms with Crippen LogP contribution in [-0.4, -0.2) is 23.4 Å². The maximum Gasteiger partial charge on any atom is 0.248 e. The first kappa shape index (κ1) is 18.2. The zero-order chi connectivity index (χ0) is 19.0. The molecule has 2 aliphatic rings. The van der Waals surface area contributed by atoms with Gasteiger partial charge in [0.1, 0.15) is 0 Å². The third-order valence-electron chi connectivity index (χ3n) is 6.55. The number of carbonyl (C=O) groups is 1. The second kappa shape index (κ2) is 7.12. The molecule has 0 saturated heterocycles. The van der Waals surface area contributed by atoms with Gasteiger partial charge in [-0.1, -0.05) is 44.2 Å². The van der Waals surface area contributed by atoms with E-state index >= 15 is 0 Å². The van der Waals surface area contributed by atoms with E-state index < -0.39 is 0 Å². The first-order valence-corrected chi connectivity index (χ1v) is 10.2. The third-order valence-corrected chi connectivity index (χ3v) is 6.55. The summed E-state index contributed by atoms with van der Waals surface area (Å²) in [7, 11) is 0. The van der Waals surface area contributed by atoms with E-state index in [0.29, 0.717) is 11.0 Å². The monoisotopic (exact) mass is 362 g/mol. The van der Waals surface area contributed by atoms with Crippen LogP contribution < -0.4 is 5.73 Å². The molecule has 2 aromatic carbocycles. The second-order valence-corrected chi connectivity index (χ2v) is 9.04. The number of hydrogen-bond acceptors (Lipinski definition) is 2. The Hall–Kier alpha value is -2.13. The lowest BCUT2D eigenvalue weighted by atomic mass is 9.75. The minimum Gasteiger partial charge on any atom is -0.366 e. The fourth-order valence-corrected chi connectivity index (χ4v) is 4.67. The van der Waals surface area contributed by atoms with E-state index in [1.165, 1.54) is 42.4 Å². The van der Waals surface area contributed by atoms with E-state index in [4.69, 9.17) is 5.73 Å². The Kier molecular flexibility index (Phi) is 4.81. The Balaban J connectivity index is 1.50. The van der Waals surface area contributed by atoms with Crippen LogP contribution >= 0.6 is 0 Å². The highest BCUT2D eigenvalue weighted by atomic mass is 16.1. The van der Waals surface area contributed by atoms with E-state index in [1.807, 2.05) is 18.2 Å². The van der Waals surface area contributed by atoms with Crippen molar-refractivity contribution in [2.75, 3.05) is 6.54 Å².